The molecule has 0 spiro atoms. The first-order valence-electron chi connectivity index (χ1n) is 6.41. The van der Waals surface area contributed by atoms with Gasteiger partial charge < -0.3 is 15.6 Å². The van der Waals surface area contributed by atoms with E-state index in [2.05, 4.69) is 4.90 Å². The van der Waals surface area contributed by atoms with Crippen molar-refractivity contribution in [1.82, 2.24) is 4.90 Å². The molecule has 0 amide bonds. The Labute approximate surface area is 103 Å². The number of hydrogen-bond acceptors (Lipinski definition) is 4. The minimum atomic E-state index is -0.723. The first kappa shape index (κ1) is 14.4. The second-order valence-electron chi connectivity index (χ2n) is 4.70. The molecular formula is C12H24N2O3. The molecule has 1 atom stereocenters. The Bertz CT molecular complexity index is 228. The Morgan fingerprint density at radius 1 is 1.53 bits per heavy atom. The second-order valence-corrected chi connectivity index (χ2v) is 4.70. The van der Waals surface area contributed by atoms with Crippen molar-refractivity contribution in [3.63, 3.8) is 0 Å². The van der Waals surface area contributed by atoms with Gasteiger partial charge in [0.2, 0.25) is 0 Å². The predicted molar refractivity (Wildman–Crippen MR) is 65.9 cm³/mol. The Kier molecular flexibility index (Phi) is 6.47. The summed E-state index contributed by atoms with van der Waals surface area (Å²) in [5, 5.41) is 8.75. The van der Waals surface area contributed by atoms with E-state index in [1.54, 1.807) is 0 Å². The number of aliphatic carboxylic acids is 1. The van der Waals surface area contributed by atoms with E-state index in [1.165, 1.54) is 0 Å². The van der Waals surface area contributed by atoms with Crippen LogP contribution in [-0.4, -0.2) is 54.4 Å². The van der Waals surface area contributed by atoms with Gasteiger partial charge in [0.1, 0.15) is 0 Å². The summed E-state index contributed by atoms with van der Waals surface area (Å²) in [6.45, 7) is 5.26. The molecular weight excluding hydrogens is 220 g/mol. The highest BCUT2D eigenvalue weighted by Gasteiger charge is 2.24. The number of hydrogen-bond donors (Lipinski definition) is 2. The van der Waals surface area contributed by atoms with Crippen LogP contribution in [0.4, 0.5) is 0 Å². The molecule has 0 radical (unpaired) electrons. The van der Waals surface area contributed by atoms with Gasteiger partial charge in [-0.25, -0.2) is 0 Å². The SMILES string of the molecule is CC(CC(=O)O)N1CCC(OCCCN)CC1. The molecule has 1 aliphatic rings. The van der Waals surface area contributed by atoms with Crippen LogP contribution in [0, 0.1) is 0 Å². The zero-order valence-electron chi connectivity index (χ0n) is 10.6. The van der Waals surface area contributed by atoms with Crippen molar-refractivity contribution in [3.8, 4) is 0 Å². The molecule has 0 bridgehead atoms. The van der Waals surface area contributed by atoms with Gasteiger partial charge in [-0.15, -0.1) is 0 Å². The normalized spacial score (nSPS) is 20.4. The van der Waals surface area contributed by atoms with E-state index in [9.17, 15) is 4.79 Å². The van der Waals surface area contributed by atoms with Crippen molar-refractivity contribution in [2.75, 3.05) is 26.2 Å². The number of likely N-dealkylation sites (tertiary alicyclic amines) is 1. The fourth-order valence-corrected chi connectivity index (χ4v) is 2.20. The molecule has 5 nitrogen and oxygen atoms in total. The van der Waals surface area contributed by atoms with Crippen LogP contribution in [0.3, 0.4) is 0 Å². The molecule has 0 aromatic rings. The third-order valence-electron chi connectivity index (χ3n) is 3.27. The molecule has 0 aliphatic carbocycles. The van der Waals surface area contributed by atoms with E-state index in [-0.39, 0.29) is 12.5 Å². The molecule has 5 heteroatoms. The fourth-order valence-electron chi connectivity index (χ4n) is 2.20. The average molecular weight is 244 g/mol. The van der Waals surface area contributed by atoms with E-state index < -0.39 is 5.97 Å². The number of nitrogens with two attached hydrogens (primary N) is 1. The minimum Gasteiger partial charge on any atom is -0.481 e. The number of ether oxygens (including phenoxy) is 1. The number of nitrogens with zero attached hydrogens (tertiary/aromatic N) is 1. The molecule has 1 rings (SSSR count). The lowest BCUT2D eigenvalue weighted by Crippen LogP contribution is -2.43. The van der Waals surface area contributed by atoms with Crippen molar-refractivity contribution in [3.05, 3.63) is 0 Å². The van der Waals surface area contributed by atoms with E-state index in [0.29, 0.717) is 12.6 Å². The van der Waals surface area contributed by atoms with E-state index in [4.69, 9.17) is 15.6 Å². The Hall–Kier alpha value is -0.650. The summed E-state index contributed by atoms with van der Waals surface area (Å²) < 4.78 is 5.71. The molecule has 1 heterocycles. The van der Waals surface area contributed by atoms with Crippen molar-refractivity contribution in [2.24, 2.45) is 5.73 Å². The molecule has 0 saturated carbocycles. The lowest BCUT2D eigenvalue weighted by Gasteiger charge is -2.35. The van der Waals surface area contributed by atoms with Gasteiger partial charge in [-0.05, 0) is 32.7 Å². The fraction of sp³-hybridized carbons (Fsp3) is 0.917. The first-order chi connectivity index (χ1) is 8.13. The summed E-state index contributed by atoms with van der Waals surface area (Å²) in [7, 11) is 0. The van der Waals surface area contributed by atoms with Crippen LogP contribution in [0.1, 0.15) is 32.6 Å². The van der Waals surface area contributed by atoms with E-state index in [1.807, 2.05) is 6.92 Å². The minimum absolute atomic E-state index is 0.123. The smallest absolute Gasteiger partial charge is 0.304 e. The summed E-state index contributed by atoms with van der Waals surface area (Å²) in [5.41, 5.74) is 5.41. The van der Waals surface area contributed by atoms with Crippen LogP contribution in [0.2, 0.25) is 0 Å². The summed E-state index contributed by atoms with van der Waals surface area (Å²) in [5.74, 6) is -0.723. The molecule has 0 aromatic carbocycles. The van der Waals surface area contributed by atoms with Gasteiger partial charge in [-0.2, -0.15) is 0 Å². The van der Waals surface area contributed by atoms with Gasteiger partial charge in [-0.1, -0.05) is 0 Å². The molecule has 3 N–H and O–H groups in total. The van der Waals surface area contributed by atoms with Gasteiger partial charge in [0.05, 0.1) is 12.5 Å². The van der Waals surface area contributed by atoms with E-state index >= 15 is 0 Å². The van der Waals surface area contributed by atoms with Crippen molar-refractivity contribution in [1.29, 1.82) is 0 Å². The summed E-state index contributed by atoms with van der Waals surface area (Å²) >= 11 is 0. The molecule has 1 aliphatic heterocycles. The highest BCUT2D eigenvalue weighted by atomic mass is 16.5. The van der Waals surface area contributed by atoms with Gasteiger partial charge in [0.25, 0.3) is 0 Å². The highest BCUT2D eigenvalue weighted by molar-refractivity contribution is 5.67. The average Bonchev–Trinajstić information content (AvgIpc) is 2.29. The van der Waals surface area contributed by atoms with Crippen LogP contribution in [0.5, 0.6) is 0 Å². The molecule has 1 saturated heterocycles. The second kappa shape index (κ2) is 7.63. The molecule has 100 valence electrons. The van der Waals surface area contributed by atoms with Crippen LogP contribution in [0.25, 0.3) is 0 Å². The maximum Gasteiger partial charge on any atom is 0.304 e. The summed E-state index contributed by atoms with van der Waals surface area (Å²) in [6.07, 6.45) is 3.45. The molecule has 0 aromatic heterocycles. The zero-order valence-corrected chi connectivity index (χ0v) is 10.6. The highest BCUT2D eigenvalue weighted by Crippen LogP contribution is 2.17. The van der Waals surface area contributed by atoms with Crippen LogP contribution < -0.4 is 5.73 Å². The standard InChI is InChI=1S/C12H24N2O3/c1-10(9-12(15)16)14-6-3-11(4-7-14)17-8-2-5-13/h10-11H,2-9,13H2,1H3,(H,15,16). The maximum absolute atomic E-state index is 10.6. The monoisotopic (exact) mass is 244 g/mol. The third-order valence-corrected chi connectivity index (χ3v) is 3.27. The number of carboxylic acid groups (broad SMARTS) is 1. The third kappa shape index (κ3) is 5.48. The lowest BCUT2D eigenvalue weighted by atomic mass is 10.0. The molecule has 1 fully saturated rings. The Morgan fingerprint density at radius 3 is 2.71 bits per heavy atom. The van der Waals surface area contributed by atoms with Gasteiger partial charge in [-0.3, -0.25) is 9.69 Å². The zero-order chi connectivity index (χ0) is 12.7. The van der Waals surface area contributed by atoms with Crippen LogP contribution in [-0.2, 0) is 9.53 Å². The van der Waals surface area contributed by atoms with Crippen LogP contribution >= 0.6 is 0 Å². The van der Waals surface area contributed by atoms with Gasteiger partial charge in [0, 0.05) is 25.7 Å². The Morgan fingerprint density at radius 2 is 2.18 bits per heavy atom. The van der Waals surface area contributed by atoms with Crippen molar-refractivity contribution < 1.29 is 14.6 Å². The lowest BCUT2D eigenvalue weighted by molar-refractivity contribution is -0.138. The summed E-state index contributed by atoms with van der Waals surface area (Å²) in [6, 6.07) is 0.123. The number of carbonyl (C=O) groups is 1. The van der Waals surface area contributed by atoms with E-state index in [0.717, 1.165) is 39.0 Å². The molecule has 1 unspecified atom stereocenters. The number of carboxylic acids is 1. The van der Waals surface area contributed by atoms with Gasteiger partial charge in [0.15, 0.2) is 0 Å². The molecule has 17 heavy (non-hydrogen) atoms. The van der Waals surface area contributed by atoms with Crippen molar-refractivity contribution >= 4 is 5.97 Å². The van der Waals surface area contributed by atoms with Gasteiger partial charge >= 0.3 is 5.97 Å². The predicted octanol–water partition coefficient (Wildman–Crippen LogP) is 0.679. The number of piperidine rings is 1. The topological polar surface area (TPSA) is 75.8 Å². The number of rotatable bonds is 7. The summed E-state index contributed by atoms with van der Waals surface area (Å²) in [4.78, 5) is 12.9. The largest absolute Gasteiger partial charge is 0.481 e. The Balaban J connectivity index is 2.18. The maximum atomic E-state index is 10.6. The van der Waals surface area contributed by atoms with Crippen molar-refractivity contribution in [2.45, 2.75) is 44.8 Å². The first-order valence-corrected chi connectivity index (χ1v) is 6.41. The quantitative estimate of drug-likeness (QED) is 0.644. The van der Waals surface area contributed by atoms with Crippen LogP contribution in [0.15, 0.2) is 0 Å².